The number of aliphatic hydroxyl groups is 1. The average molecular weight is 735 g/mol. The second-order valence-corrected chi connectivity index (χ2v) is 15.5. The molecule has 51 heavy (non-hydrogen) atoms. The van der Waals surface area contributed by atoms with Crippen LogP contribution in [0.3, 0.4) is 0 Å². The van der Waals surface area contributed by atoms with Gasteiger partial charge >= 0.3 is 18.4 Å². The number of imidazole rings is 1. The van der Waals surface area contributed by atoms with Crippen molar-refractivity contribution in [2.45, 2.75) is 96.7 Å². The number of ether oxygens (including phenoxy) is 2. The van der Waals surface area contributed by atoms with Crippen molar-refractivity contribution in [1.82, 2.24) is 28.9 Å². The Labute approximate surface area is 297 Å². The van der Waals surface area contributed by atoms with Gasteiger partial charge in [-0.15, -0.1) is 0 Å². The van der Waals surface area contributed by atoms with Gasteiger partial charge in [0.05, 0.1) is 41.7 Å². The number of rotatable bonds is 7. The van der Waals surface area contributed by atoms with Gasteiger partial charge in [-0.25, -0.2) is 19.6 Å². The summed E-state index contributed by atoms with van der Waals surface area (Å²) in [5.74, 6) is 0.728. The van der Waals surface area contributed by atoms with E-state index < -0.39 is 41.2 Å². The number of piperidine rings is 1. The summed E-state index contributed by atoms with van der Waals surface area (Å²) in [6.07, 6.45) is -0.217. The number of pyridine rings is 1. The maximum absolute atomic E-state index is 13.9. The summed E-state index contributed by atoms with van der Waals surface area (Å²) in [7, 11) is 0. The molecule has 0 aromatic carbocycles. The molecule has 17 heteroatoms. The monoisotopic (exact) mass is 734 g/mol. The molecule has 2 atom stereocenters. The number of carbonyl (C=O) groups excluding carboxylic acids is 2. The van der Waals surface area contributed by atoms with E-state index in [2.05, 4.69) is 15.4 Å². The van der Waals surface area contributed by atoms with Crippen LogP contribution in [0.1, 0.15) is 83.5 Å². The molecule has 6 rings (SSSR count). The van der Waals surface area contributed by atoms with Gasteiger partial charge in [0.2, 0.25) is 0 Å². The second-order valence-electron chi connectivity index (χ2n) is 15.1. The van der Waals surface area contributed by atoms with Gasteiger partial charge in [0, 0.05) is 43.0 Å². The number of amides is 2. The average Bonchev–Trinajstić information content (AvgIpc) is 3.61. The number of anilines is 2. The van der Waals surface area contributed by atoms with Crippen LogP contribution in [0.15, 0.2) is 30.7 Å². The highest BCUT2D eigenvalue weighted by atomic mass is 35.5. The third kappa shape index (κ3) is 8.43. The summed E-state index contributed by atoms with van der Waals surface area (Å²) in [5, 5.41) is 18.7. The summed E-state index contributed by atoms with van der Waals surface area (Å²) in [6, 6.07) is 2.44. The van der Waals surface area contributed by atoms with Gasteiger partial charge in [-0.05, 0) is 72.8 Å². The van der Waals surface area contributed by atoms with Gasteiger partial charge in [0.25, 0.3) is 0 Å². The summed E-state index contributed by atoms with van der Waals surface area (Å²) < 4.78 is 54.6. The largest absolute Gasteiger partial charge is 0.444 e. The molecule has 1 aliphatic carbocycles. The minimum Gasteiger partial charge on any atom is -0.444 e. The Morgan fingerprint density at radius 1 is 1.02 bits per heavy atom. The van der Waals surface area contributed by atoms with E-state index in [0.717, 1.165) is 30.7 Å². The first-order valence-corrected chi connectivity index (χ1v) is 17.2. The smallest absolute Gasteiger partial charge is 0.417 e. The number of hydrogen-bond donors (Lipinski definition) is 2. The van der Waals surface area contributed by atoms with Gasteiger partial charge in [0.15, 0.2) is 11.3 Å². The number of carbonyl (C=O) groups is 2. The maximum Gasteiger partial charge on any atom is 0.417 e. The first-order valence-electron chi connectivity index (χ1n) is 16.8. The molecule has 276 valence electrons. The van der Waals surface area contributed by atoms with Gasteiger partial charge < -0.3 is 29.2 Å². The zero-order valence-corrected chi connectivity index (χ0v) is 30.0. The van der Waals surface area contributed by atoms with Crippen molar-refractivity contribution < 1.29 is 37.3 Å². The molecule has 1 aliphatic heterocycles. The molecular weight excluding hydrogens is 693 g/mol. The molecule has 4 aromatic rings. The van der Waals surface area contributed by atoms with Crippen LogP contribution in [-0.2, 0) is 22.2 Å². The Balaban J connectivity index is 1.32. The lowest BCUT2D eigenvalue weighted by atomic mass is 9.94. The SMILES string of the molecule is CC(C)(C)OC(=O)N1CC[C@H](CNc2cc(N(Cc3cn4cc(C(F)(F)F)cc(Cl)c4n3)C(=O)OC(C)(C)C)n3ncc(C4CC4)c3n2)[C@@H](O)C1. The number of hydrogen-bond acceptors (Lipinski definition) is 9. The molecule has 2 N–H and O–H groups in total. The van der Waals surface area contributed by atoms with Crippen LogP contribution in [0.5, 0.6) is 0 Å². The van der Waals surface area contributed by atoms with E-state index in [-0.39, 0.29) is 47.1 Å². The van der Waals surface area contributed by atoms with Crippen molar-refractivity contribution in [3.8, 4) is 0 Å². The number of halogens is 4. The molecule has 2 aliphatic rings. The predicted molar refractivity (Wildman–Crippen MR) is 183 cm³/mol. The second kappa shape index (κ2) is 13.3. The van der Waals surface area contributed by atoms with Crippen LogP contribution in [0, 0.1) is 5.92 Å². The van der Waals surface area contributed by atoms with E-state index in [0.29, 0.717) is 31.0 Å². The van der Waals surface area contributed by atoms with Crippen molar-refractivity contribution in [1.29, 1.82) is 0 Å². The number of alkyl halides is 3. The number of fused-ring (bicyclic) bond motifs is 2. The summed E-state index contributed by atoms with van der Waals surface area (Å²) >= 11 is 6.22. The highest BCUT2D eigenvalue weighted by Crippen LogP contribution is 2.42. The summed E-state index contributed by atoms with van der Waals surface area (Å²) in [4.78, 5) is 38.6. The zero-order chi connectivity index (χ0) is 37.0. The molecule has 1 saturated carbocycles. The quantitative estimate of drug-likeness (QED) is 0.208. The normalized spacial score (nSPS) is 18.7. The number of aliphatic hydroxyl groups excluding tert-OH is 1. The van der Waals surface area contributed by atoms with E-state index in [1.165, 1.54) is 20.4 Å². The number of nitrogens with zero attached hydrogens (tertiary/aromatic N) is 7. The zero-order valence-electron chi connectivity index (χ0n) is 29.3. The van der Waals surface area contributed by atoms with Crippen LogP contribution in [0.2, 0.25) is 5.02 Å². The Bertz CT molecular complexity index is 1950. The third-order valence-corrected chi connectivity index (χ3v) is 8.79. The number of nitrogens with one attached hydrogen (secondary N) is 1. The van der Waals surface area contributed by atoms with Crippen molar-refractivity contribution in [3.05, 3.63) is 52.6 Å². The Kier molecular flexibility index (Phi) is 9.55. The topological polar surface area (TPSA) is 139 Å². The highest BCUT2D eigenvalue weighted by Gasteiger charge is 2.35. The lowest BCUT2D eigenvalue weighted by Crippen LogP contribution is -2.49. The molecule has 1 saturated heterocycles. The molecule has 13 nitrogen and oxygen atoms in total. The highest BCUT2D eigenvalue weighted by molar-refractivity contribution is 6.33. The van der Waals surface area contributed by atoms with E-state index in [1.54, 1.807) is 58.3 Å². The van der Waals surface area contributed by atoms with Crippen LogP contribution in [0.25, 0.3) is 11.3 Å². The molecule has 0 bridgehead atoms. The predicted octanol–water partition coefficient (Wildman–Crippen LogP) is 6.90. The van der Waals surface area contributed by atoms with Crippen LogP contribution >= 0.6 is 11.6 Å². The molecule has 4 aromatic heterocycles. The lowest BCUT2D eigenvalue weighted by Gasteiger charge is -2.36. The summed E-state index contributed by atoms with van der Waals surface area (Å²) in [5.41, 5.74) is -0.705. The van der Waals surface area contributed by atoms with E-state index >= 15 is 0 Å². The fourth-order valence-electron chi connectivity index (χ4n) is 5.93. The molecule has 2 amide bonds. The summed E-state index contributed by atoms with van der Waals surface area (Å²) in [6.45, 7) is 11.2. The van der Waals surface area contributed by atoms with Crippen LogP contribution < -0.4 is 10.2 Å². The Morgan fingerprint density at radius 2 is 1.73 bits per heavy atom. The number of likely N-dealkylation sites (tertiary alicyclic amines) is 1. The minimum atomic E-state index is -4.62. The van der Waals surface area contributed by atoms with Crippen LogP contribution in [0.4, 0.5) is 34.4 Å². The van der Waals surface area contributed by atoms with E-state index in [9.17, 15) is 27.9 Å². The van der Waals surface area contributed by atoms with Gasteiger partial charge in [-0.3, -0.25) is 4.90 Å². The Morgan fingerprint density at radius 3 is 2.35 bits per heavy atom. The Hall–Kier alpha value is -4.31. The van der Waals surface area contributed by atoms with Crippen molar-refractivity contribution >= 4 is 46.7 Å². The van der Waals surface area contributed by atoms with Crippen molar-refractivity contribution in [2.24, 2.45) is 5.92 Å². The van der Waals surface area contributed by atoms with Gasteiger partial charge in [-0.2, -0.15) is 22.8 Å². The molecule has 0 unspecified atom stereocenters. The standard InChI is InChI=1S/C34H42ClF3N8O5/c1-32(2,3)50-30(48)43-10-9-20(25(47)18-43)13-39-26-12-27(46-28(42-26)23(14-40-46)19-7-8-19)45(31(49)51-33(4,5)6)17-22-16-44-15-21(34(36,37)38)11-24(35)29(44)41-22/h11-12,14-16,19-20,25,47H,7-10,13,17-18H2,1-6H3,(H,39,42)/t20-,25+/m1/s1. The maximum atomic E-state index is 13.9. The molecular formula is C34H42ClF3N8O5. The first kappa shape index (κ1) is 36.5. The molecule has 5 heterocycles. The van der Waals surface area contributed by atoms with Crippen molar-refractivity contribution in [3.63, 3.8) is 0 Å². The van der Waals surface area contributed by atoms with E-state index in [1.807, 2.05) is 0 Å². The fraction of sp³-hybridized carbons (Fsp3) is 0.559. The molecule has 2 fully saturated rings. The fourth-order valence-corrected chi connectivity index (χ4v) is 6.19. The van der Waals surface area contributed by atoms with E-state index in [4.69, 9.17) is 26.1 Å². The first-order chi connectivity index (χ1) is 23.8. The molecule has 0 radical (unpaired) electrons. The number of aromatic nitrogens is 5. The van der Waals surface area contributed by atoms with Crippen LogP contribution in [-0.4, -0.2) is 83.1 Å². The third-order valence-electron chi connectivity index (χ3n) is 8.51. The van der Waals surface area contributed by atoms with Gasteiger partial charge in [-0.1, -0.05) is 11.6 Å². The van der Waals surface area contributed by atoms with Crippen molar-refractivity contribution in [2.75, 3.05) is 29.9 Å². The lowest BCUT2D eigenvalue weighted by molar-refractivity contribution is -0.137. The van der Waals surface area contributed by atoms with Gasteiger partial charge in [0.1, 0.15) is 22.8 Å². The number of β-amino-alcohol motifs (C(OH)–C–C–N with tert-alkyl or cyclic N) is 1. The molecule has 0 spiro atoms. The minimum absolute atomic E-state index is 0.0948.